The molecular weight excluding hydrogens is 230 g/mol. The summed E-state index contributed by atoms with van der Waals surface area (Å²) in [6.45, 7) is 0.220. The molecule has 0 radical (unpaired) electrons. The normalized spacial score (nSPS) is 8.75. The number of carbonyl (C=O) groups excluding carboxylic acids is 1. The average Bonchev–Trinajstić information content (AvgIpc) is 2.25. The molecule has 0 bridgehead atoms. The Hall–Kier alpha value is -1.75. The third-order valence-corrected chi connectivity index (χ3v) is 1.64. The maximum absolute atomic E-state index is 11.0. The number of amidine groups is 1. The number of hydrogen-bond donors (Lipinski definition) is 3. The maximum atomic E-state index is 11.0. The average molecular weight is 244 g/mol. The van der Waals surface area contributed by atoms with Crippen LogP contribution in [-0.2, 0) is 11.3 Å². The minimum Gasteiger partial charge on any atom is -0.445 e. The van der Waals surface area contributed by atoms with E-state index in [9.17, 15) is 4.79 Å². The third-order valence-electron chi connectivity index (χ3n) is 1.64. The van der Waals surface area contributed by atoms with Crippen LogP contribution in [-0.4, -0.2) is 18.5 Å². The Kier molecular flexibility index (Phi) is 6.71. The Labute approximate surface area is 99.9 Å². The molecule has 1 aromatic rings. The van der Waals surface area contributed by atoms with E-state index in [0.29, 0.717) is 0 Å². The van der Waals surface area contributed by atoms with Crippen molar-refractivity contribution in [1.29, 1.82) is 5.41 Å². The lowest BCUT2D eigenvalue weighted by molar-refractivity contribution is 0.141. The summed E-state index contributed by atoms with van der Waals surface area (Å²) < 4.78 is 4.88. The van der Waals surface area contributed by atoms with Crippen LogP contribution in [0.25, 0.3) is 0 Å². The quantitative estimate of drug-likeness (QED) is 0.550. The summed E-state index contributed by atoms with van der Waals surface area (Å²) in [7, 11) is 0. The highest BCUT2D eigenvalue weighted by atomic mass is 35.5. The van der Waals surface area contributed by atoms with E-state index in [-0.39, 0.29) is 31.4 Å². The maximum Gasteiger partial charge on any atom is 0.407 e. The Balaban J connectivity index is 0.00000225. The van der Waals surface area contributed by atoms with Gasteiger partial charge in [0, 0.05) is 0 Å². The first-order valence-corrected chi connectivity index (χ1v) is 4.46. The number of nitrogens with two attached hydrogens (primary N) is 1. The van der Waals surface area contributed by atoms with E-state index in [1.165, 1.54) is 0 Å². The van der Waals surface area contributed by atoms with Crippen molar-refractivity contribution in [2.45, 2.75) is 6.61 Å². The Morgan fingerprint density at radius 2 is 2.00 bits per heavy atom. The zero-order chi connectivity index (χ0) is 11.1. The van der Waals surface area contributed by atoms with Gasteiger partial charge in [-0.2, -0.15) is 0 Å². The molecule has 6 heteroatoms. The minimum atomic E-state index is -0.575. The predicted molar refractivity (Wildman–Crippen MR) is 63.8 cm³/mol. The molecule has 88 valence electrons. The lowest BCUT2D eigenvalue weighted by atomic mass is 10.2. The topological polar surface area (TPSA) is 88.2 Å². The van der Waals surface area contributed by atoms with E-state index in [1.54, 1.807) is 0 Å². The van der Waals surface area contributed by atoms with Gasteiger partial charge in [0.25, 0.3) is 0 Å². The second-order valence-electron chi connectivity index (χ2n) is 2.94. The van der Waals surface area contributed by atoms with Crippen molar-refractivity contribution in [3.8, 4) is 0 Å². The van der Waals surface area contributed by atoms with Gasteiger partial charge in [-0.15, -0.1) is 12.4 Å². The number of halogens is 1. The van der Waals surface area contributed by atoms with Gasteiger partial charge in [-0.1, -0.05) is 30.3 Å². The zero-order valence-electron chi connectivity index (χ0n) is 8.60. The summed E-state index contributed by atoms with van der Waals surface area (Å²) in [4.78, 5) is 11.0. The number of ether oxygens (including phenoxy) is 1. The third kappa shape index (κ3) is 5.87. The SMILES string of the molecule is Cl.N=C(N)CNC(=O)OCc1ccccc1. The molecule has 16 heavy (non-hydrogen) atoms. The number of alkyl carbamates (subject to hydrolysis) is 1. The molecule has 0 spiro atoms. The van der Waals surface area contributed by atoms with E-state index in [1.807, 2.05) is 30.3 Å². The molecule has 0 atom stereocenters. The van der Waals surface area contributed by atoms with Gasteiger partial charge in [0.1, 0.15) is 12.4 Å². The molecule has 0 aliphatic carbocycles. The standard InChI is InChI=1S/C10H13N3O2.ClH/c11-9(12)6-13-10(14)15-7-8-4-2-1-3-5-8;/h1-5H,6-7H2,(H3,11,12)(H,13,14);1H. The first kappa shape index (κ1) is 14.2. The molecule has 0 heterocycles. The van der Waals surface area contributed by atoms with Crippen LogP contribution in [0.4, 0.5) is 4.79 Å². The molecule has 4 N–H and O–H groups in total. The van der Waals surface area contributed by atoms with E-state index in [4.69, 9.17) is 15.9 Å². The summed E-state index contributed by atoms with van der Waals surface area (Å²) in [5.74, 6) is -0.105. The van der Waals surface area contributed by atoms with Crippen molar-refractivity contribution in [3.63, 3.8) is 0 Å². The van der Waals surface area contributed by atoms with E-state index < -0.39 is 6.09 Å². The Morgan fingerprint density at radius 1 is 1.38 bits per heavy atom. The monoisotopic (exact) mass is 243 g/mol. The smallest absolute Gasteiger partial charge is 0.407 e. The first-order chi connectivity index (χ1) is 7.18. The lowest BCUT2D eigenvalue weighted by Gasteiger charge is -2.05. The van der Waals surface area contributed by atoms with Gasteiger partial charge in [-0.25, -0.2) is 4.79 Å². The largest absolute Gasteiger partial charge is 0.445 e. The van der Waals surface area contributed by atoms with Crippen LogP contribution < -0.4 is 11.1 Å². The summed E-state index contributed by atoms with van der Waals surface area (Å²) in [5.41, 5.74) is 5.97. The minimum absolute atomic E-state index is 0. The number of amides is 1. The molecule has 0 aromatic heterocycles. The molecule has 0 aliphatic heterocycles. The first-order valence-electron chi connectivity index (χ1n) is 4.46. The number of rotatable bonds is 4. The lowest BCUT2D eigenvalue weighted by Crippen LogP contribution is -2.33. The van der Waals surface area contributed by atoms with Crippen LogP contribution in [0.5, 0.6) is 0 Å². The molecule has 0 unspecified atom stereocenters. The summed E-state index contributed by atoms with van der Waals surface area (Å²) in [5, 5.41) is 9.23. The van der Waals surface area contributed by atoms with E-state index in [2.05, 4.69) is 5.32 Å². The molecule has 0 saturated heterocycles. The van der Waals surface area contributed by atoms with Crippen molar-refractivity contribution in [3.05, 3.63) is 35.9 Å². The fourth-order valence-corrected chi connectivity index (χ4v) is 0.942. The van der Waals surface area contributed by atoms with E-state index >= 15 is 0 Å². The highest BCUT2D eigenvalue weighted by Crippen LogP contribution is 2.00. The number of benzene rings is 1. The van der Waals surface area contributed by atoms with Crippen LogP contribution >= 0.6 is 12.4 Å². The summed E-state index contributed by atoms with van der Waals surface area (Å²) in [6.07, 6.45) is -0.575. The zero-order valence-corrected chi connectivity index (χ0v) is 9.42. The number of nitrogens with one attached hydrogen (secondary N) is 2. The van der Waals surface area contributed by atoms with Crippen LogP contribution in [0.1, 0.15) is 5.56 Å². The Bertz CT molecular complexity index is 343. The van der Waals surface area contributed by atoms with Crippen molar-refractivity contribution < 1.29 is 9.53 Å². The van der Waals surface area contributed by atoms with Gasteiger partial charge >= 0.3 is 6.09 Å². The van der Waals surface area contributed by atoms with Gasteiger partial charge in [0.2, 0.25) is 0 Å². The molecular formula is C10H14ClN3O2. The second-order valence-corrected chi connectivity index (χ2v) is 2.94. The highest BCUT2D eigenvalue weighted by molar-refractivity contribution is 5.85. The van der Waals surface area contributed by atoms with Crippen LogP contribution in [0.2, 0.25) is 0 Å². The van der Waals surface area contributed by atoms with Gasteiger partial charge in [0.15, 0.2) is 0 Å². The van der Waals surface area contributed by atoms with Crippen molar-refractivity contribution >= 4 is 24.3 Å². The van der Waals surface area contributed by atoms with Crippen molar-refractivity contribution in [1.82, 2.24) is 5.32 Å². The van der Waals surface area contributed by atoms with E-state index in [0.717, 1.165) is 5.56 Å². The molecule has 1 rings (SSSR count). The molecule has 0 fully saturated rings. The van der Waals surface area contributed by atoms with Crippen molar-refractivity contribution in [2.75, 3.05) is 6.54 Å². The fraction of sp³-hybridized carbons (Fsp3) is 0.200. The van der Waals surface area contributed by atoms with Gasteiger partial charge in [-0.05, 0) is 5.56 Å². The fourth-order valence-electron chi connectivity index (χ4n) is 0.942. The van der Waals surface area contributed by atoms with Crippen molar-refractivity contribution in [2.24, 2.45) is 5.73 Å². The molecule has 0 saturated carbocycles. The van der Waals surface area contributed by atoms with Gasteiger partial charge in [0.05, 0.1) is 6.54 Å². The van der Waals surface area contributed by atoms with Gasteiger partial charge in [-0.3, -0.25) is 5.41 Å². The van der Waals surface area contributed by atoms with Crippen LogP contribution in [0.3, 0.4) is 0 Å². The van der Waals surface area contributed by atoms with Crippen LogP contribution in [0.15, 0.2) is 30.3 Å². The molecule has 5 nitrogen and oxygen atoms in total. The predicted octanol–water partition coefficient (Wildman–Crippen LogP) is 1.27. The van der Waals surface area contributed by atoms with Gasteiger partial charge < -0.3 is 15.8 Å². The number of hydrogen-bond acceptors (Lipinski definition) is 3. The van der Waals surface area contributed by atoms with Crippen LogP contribution in [0, 0.1) is 5.41 Å². The summed E-state index contributed by atoms with van der Waals surface area (Å²) >= 11 is 0. The highest BCUT2D eigenvalue weighted by Gasteiger charge is 2.01. The Morgan fingerprint density at radius 3 is 2.56 bits per heavy atom. The molecule has 1 amide bonds. The summed E-state index contributed by atoms with van der Waals surface area (Å²) in [6, 6.07) is 9.34. The molecule has 1 aromatic carbocycles. The second kappa shape index (κ2) is 7.53. The number of carbonyl (C=O) groups is 1. The molecule has 0 aliphatic rings.